The molecule has 3 rings (SSSR count). The summed E-state index contributed by atoms with van der Waals surface area (Å²) in [5.41, 5.74) is -2.84. The Bertz CT molecular complexity index is 1070. The number of likely N-dealkylation sites (tertiary alicyclic amines) is 1. The number of hydrogen-bond acceptors (Lipinski definition) is 6. The molecule has 9 nitrogen and oxygen atoms in total. The number of aromatic nitrogens is 3. The van der Waals surface area contributed by atoms with Crippen LogP contribution in [0.5, 0.6) is 0 Å². The number of halogens is 3. The van der Waals surface area contributed by atoms with E-state index in [0.717, 1.165) is 0 Å². The maximum absolute atomic E-state index is 16.1. The lowest BCUT2D eigenvalue weighted by Crippen LogP contribution is -2.52. The maximum Gasteiger partial charge on any atom is 0.416 e. The monoisotopic (exact) mass is 561 g/mol. The molecule has 34 heavy (non-hydrogen) atoms. The second-order valence-corrected chi connectivity index (χ2v) is 11.6. The maximum atomic E-state index is 16.1. The minimum atomic E-state index is -1.78. The molecule has 1 aliphatic heterocycles. The number of piperidine rings is 1. The van der Waals surface area contributed by atoms with E-state index in [1.54, 1.807) is 41.5 Å². The summed E-state index contributed by atoms with van der Waals surface area (Å²) in [5.74, 6) is 0.224. The van der Waals surface area contributed by atoms with Gasteiger partial charge in [-0.15, -0.1) is 0 Å². The first-order valence-corrected chi connectivity index (χ1v) is 12.1. The fourth-order valence-electron chi connectivity index (χ4n) is 3.50. The highest BCUT2D eigenvalue weighted by molar-refractivity contribution is 9.10. The van der Waals surface area contributed by atoms with Crippen molar-refractivity contribution in [3.63, 3.8) is 0 Å². The van der Waals surface area contributed by atoms with Gasteiger partial charge in [-0.25, -0.2) is 19.0 Å². The molecule has 0 spiro atoms. The van der Waals surface area contributed by atoms with E-state index in [4.69, 9.17) is 21.1 Å². The predicted molar refractivity (Wildman–Crippen MR) is 130 cm³/mol. The van der Waals surface area contributed by atoms with E-state index < -0.39 is 29.1 Å². The number of nitrogens with zero attached hydrogens (tertiary/aromatic N) is 5. The van der Waals surface area contributed by atoms with Crippen LogP contribution in [0.3, 0.4) is 0 Å². The summed E-state index contributed by atoms with van der Waals surface area (Å²) in [6.07, 6.45) is 0.337. The number of alkyl halides is 1. The normalized spacial score (nSPS) is 16.4. The highest BCUT2D eigenvalue weighted by Crippen LogP contribution is 2.33. The second-order valence-electron chi connectivity index (χ2n) is 10.3. The average molecular weight is 563 g/mol. The summed E-state index contributed by atoms with van der Waals surface area (Å²) in [6.45, 7) is 10.5. The standard InChI is InChI=1S/C22H30BrClFN5O4/c1-20(2,3)33-18(31)28-9-7-22(25,8-10-28)13-29(19(32)34-21(4,5)6)16-11-15(24)27-17-14(23)12-26-30(16)17/h11-12H,7-10,13H2,1-6H3. The van der Waals surface area contributed by atoms with Gasteiger partial charge in [0.05, 0.1) is 17.2 Å². The lowest BCUT2D eigenvalue weighted by Gasteiger charge is -2.39. The van der Waals surface area contributed by atoms with E-state index in [0.29, 0.717) is 10.1 Å². The van der Waals surface area contributed by atoms with Crippen LogP contribution in [0.25, 0.3) is 5.65 Å². The third-order valence-corrected chi connectivity index (χ3v) is 5.77. The van der Waals surface area contributed by atoms with Gasteiger partial charge in [-0.05, 0) is 57.5 Å². The zero-order valence-corrected chi connectivity index (χ0v) is 22.5. The zero-order chi connectivity index (χ0) is 25.5. The minimum absolute atomic E-state index is 0.0241. The molecule has 0 atom stereocenters. The molecular formula is C22H30BrClFN5O4. The first kappa shape index (κ1) is 26.5. The molecule has 2 aromatic rings. The van der Waals surface area contributed by atoms with E-state index >= 15 is 4.39 Å². The highest BCUT2D eigenvalue weighted by Gasteiger charge is 2.41. The van der Waals surface area contributed by atoms with E-state index in [-0.39, 0.29) is 43.4 Å². The van der Waals surface area contributed by atoms with Gasteiger partial charge < -0.3 is 14.4 Å². The Hall–Kier alpha value is -2.14. The topological polar surface area (TPSA) is 89.3 Å². The van der Waals surface area contributed by atoms with E-state index in [1.165, 1.54) is 26.6 Å². The molecule has 0 aromatic carbocycles. The summed E-state index contributed by atoms with van der Waals surface area (Å²) in [5, 5.41) is 4.37. The van der Waals surface area contributed by atoms with Gasteiger partial charge in [0, 0.05) is 32.0 Å². The van der Waals surface area contributed by atoms with Crippen molar-refractivity contribution in [2.45, 2.75) is 71.3 Å². The van der Waals surface area contributed by atoms with E-state index in [2.05, 4.69) is 26.0 Å². The molecule has 0 radical (unpaired) electrons. The lowest BCUT2D eigenvalue weighted by molar-refractivity contribution is 0.00341. The Morgan fingerprint density at radius 1 is 1.18 bits per heavy atom. The Morgan fingerprint density at radius 3 is 2.32 bits per heavy atom. The lowest BCUT2D eigenvalue weighted by atomic mass is 9.93. The highest BCUT2D eigenvalue weighted by atomic mass is 79.9. The molecule has 0 unspecified atom stereocenters. The van der Waals surface area contributed by atoms with Gasteiger partial charge in [0.2, 0.25) is 0 Å². The molecule has 1 aliphatic rings. The Kier molecular flexibility index (Phi) is 7.38. The third-order valence-electron chi connectivity index (χ3n) is 5.02. The van der Waals surface area contributed by atoms with Gasteiger partial charge in [0.15, 0.2) is 5.65 Å². The van der Waals surface area contributed by atoms with Crippen LogP contribution in [-0.2, 0) is 9.47 Å². The van der Waals surface area contributed by atoms with Gasteiger partial charge in [-0.2, -0.15) is 9.61 Å². The number of fused-ring (bicyclic) bond motifs is 1. The van der Waals surface area contributed by atoms with Gasteiger partial charge in [-0.3, -0.25) is 4.90 Å². The van der Waals surface area contributed by atoms with Crippen molar-refractivity contribution in [1.82, 2.24) is 19.5 Å². The summed E-state index contributed by atoms with van der Waals surface area (Å²) in [6, 6.07) is 1.44. The fraction of sp³-hybridized carbons (Fsp3) is 0.636. The molecule has 0 aliphatic carbocycles. The summed E-state index contributed by atoms with van der Waals surface area (Å²) >= 11 is 9.57. The second kappa shape index (κ2) is 9.49. The van der Waals surface area contributed by atoms with Crippen LogP contribution in [0.15, 0.2) is 16.7 Å². The van der Waals surface area contributed by atoms with Crippen molar-refractivity contribution in [3.05, 3.63) is 21.9 Å². The molecular weight excluding hydrogens is 533 g/mol. The molecule has 2 aromatic heterocycles. The number of rotatable bonds is 3. The van der Waals surface area contributed by atoms with Crippen molar-refractivity contribution in [2.24, 2.45) is 0 Å². The number of amides is 2. The molecule has 0 bridgehead atoms. The Morgan fingerprint density at radius 2 is 1.76 bits per heavy atom. The predicted octanol–water partition coefficient (Wildman–Crippen LogP) is 5.63. The molecule has 12 heteroatoms. The van der Waals surface area contributed by atoms with Crippen LogP contribution in [0.2, 0.25) is 5.15 Å². The molecule has 3 heterocycles. The van der Waals surface area contributed by atoms with E-state index in [9.17, 15) is 9.59 Å². The SMILES string of the molecule is CC(C)(C)OC(=O)N1CCC(F)(CN(C(=O)OC(C)(C)C)c2cc(Cl)nc3c(Br)cnn23)CC1. The van der Waals surface area contributed by atoms with Gasteiger partial charge in [-0.1, -0.05) is 11.6 Å². The van der Waals surface area contributed by atoms with Crippen molar-refractivity contribution in [3.8, 4) is 0 Å². The molecule has 0 saturated carbocycles. The van der Waals surface area contributed by atoms with Crippen LogP contribution in [0, 0.1) is 0 Å². The number of ether oxygens (including phenoxy) is 2. The van der Waals surface area contributed by atoms with E-state index in [1.807, 2.05) is 0 Å². The van der Waals surface area contributed by atoms with Crippen LogP contribution in [0.4, 0.5) is 19.8 Å². The Balaban J connectivity index is 1.88. The van der Waals surface area contributed by atoms with Crippen LogP contribution < -0.4 is 4.90 Å². The fourth-order valence-corrected chi connectivity index (χ4v) is 4.02. The van der Waals surface area contributed by atoms with Crippen molar-refractivity contribution >= 4 is 51.2 Å². The van der Waals surface area contributed by atoms with Gasteiger partial charge in [0.25, 0.3) is 0 Å². The van der Waals surface area contributed by atoms with Gasteiger partial charge >= 0.3 is 12.2 Å². The number of carbonyl (C=O) groups is 2. The van der Waals surface area contributed by atoms with Crippen molar-refractivity contribution in [2.75, 3.05) is 24.5 Å². The van der Waals surface area contributed by atoms with Crippen LogP contribution in [0.1, 0.15) is 54.4 Å². The minimum Gasteiger partial charge on any atom is -0.444 e. The molecule has 2 amide bonds. The quantitative estimate of drug-likeness (QED) is 0.451. The third kappa shape index (κ3) is 6.50. The summed E-state index contributed by atoms with van der Waals surface area (Å²) < 4.78 is 29.0. The molecule has 0 N–H and O–H groups in total. The number of carbonyl (C=O) groups excluding carboxylic acids is 2. The van der Waals surface area contributed by atoms with Crippen molar-refractivity contribution < 1.29 is 23.5 Å². The molecule has 1 fully saturated rings. The smallest absolute Gasteiger partial charge is 0.416 e. The largest absolute Gasteiger partial charge is 0.444 e. The number of hydrogen-bond donors (Lipinski definition) is 0. The van der Waals surface area contributed by atoms with Crippen LogP contribution in [-0.4, -0.2) is 68.2 Å². The zero-order valence-electron chi connectivity index (χ0n) is 20.2. The summed E-state index contributed by atoms with van der Waals surface area (Å²) in [7, 11) is 0. The Labute approximate surface area is 211 Å². The van der Waals surface area contributed by atoms with Crippen LogP contribution >= 0.6 is 27.5 Å². The molecule has 1 saturated heterocycles. The molecule has 188 valence electrons. The number of anilines is 1. The summed E-state index contributed by atoms with van der Waals surface area (Å²) in [4.78, 5) is 32.5. The first-order chi connectivity index (χ1) is 15.6. The van der Waals surface area contributed by atoms with Gasteiger partial charge in [0.1, 0.15) is 27.8 Å². The average Bonchev–Trinajstić information content (AvgIpc) is 3.04. The first-order valence-electron chi connectivity index (χ1n) is 10.9. The van der Waals surface area contributed by atoms with Crippen molar-refractivity contribution in [1.29, 1.82) is 0 Å².